The van der Waals surface area contributed by atoms with Crippen LogP contribution in [-0.4, -0.2) is 21.0 Å². The molecule has 1 N–H and O–H groups in total. The Bertz CT molecular complexity index is 830. The Morgan fingerprint density at radius 3 is 2.96 bits per heavy atom. The quantitative estimate of drug-likeness (QED) is 0.876. The van der Waals surface area contributed by atoms with Gasteiger partial charge in [0.15, 0.2) is 0 Å². The highest BCUT2D eigenvalue weighted by molar-refractivity contribution is 7.84. The van der Waals surface area contributed by atoms with E-state index in [0.29, 0.717) is 5.75 Å². The highest BCUT2D eigenvalue weighted by Gasteiger charge is 2.24. The van der Waals surface area contributed by atoms with Crippen molar-refractivity contribution in [2.75, 3.05) is 5.75 Å². The normalized spacial score (nSPS) is 20.1. The minimum atomic E-state index is -1.27. The van der Waals surface area contributed by atoms with Gasteiger partial charge in [-0.2, -0.15) is 0 Å². The molecular weight excluding hydrogens is 348 g/mol. The highest BCUT2D eigenvalue weighted by atomic mass is 32.2. The molecule has 2 aliphatic rings. The average molecular weight is 372 g/mol. The van der Waals surface area contributed by atoms with Gasteiger partial charge in [-0.15, -0.1) is 0 Å². The third kappa shape index (κ3) is 3.75. The molecule has 138 valence electrons. The van der Waals surface area contributed by atoms with E-state index in [4.69, 9.17) is 4.52 Å². The molecule has 26 heavy (non-hydrogen) atoms. The van der Waals surface area contributed by atoms with Crippen LogP contribution in [0.2, 0.25) is 0 Å². The zero-order chi connectivity index (χ0) is 17.9. The minimum absolute atomic E-state index is 0.0142. The number of nitrogens with one attached hydrogen (secondary N) is 1. The van der Waals surface area contributed by atoms with Gasteiger partial charge < -0.3 is 9.84 Å². The first-order chi connectivity index (χ1) is 12.7. The molecule has 2 aromatic rings. The Labute approximate surface area is 156 Å². The molecule has 2 atom stereocenters. The molecule has 0 bridgehead atoms. The van der Waals surface area contributed by atoms with E-state index >= 15 is 0 Å². The summed E-state index contributed by atoms with van der Waals surface area (Å²) in [7, 11) is -1.27. The number of carbonyl (C=O) groups excluding carboxylic acids is 1. The molecule has 0 fully saturated rings. The smallest absolute Gasteiger partial charge is 0.233 e. The molecule has 6 heteroatoms. The number of hydrogen-bond donors (Lipinski definition) is 1. The molecule has 1 heterocycles. The van der Waals surface area contributed by atoms with Crippen LogP contribution in [0.25, 0.3) is 0 Å². The van der Waals surface area contributed by atoms with Crippen LogP contribution in [0.1, 0.15) is 59.9 Å². The number of hydrogen-bond acceptors (Lipinski definition) is 4. The Morgan fingerprint density at radius 2 is 2.04 bits per heavy atom. The van der Waals surface area contributed by atoms with Gasteiger partial charge in [-0.1, -0.05) is 29.4 Å². The van der Waals surface area contributed by atoms with Crippen LogP contribution in [0.15, 0.2) is 28.8 Å². The number of amides is 1. The Kier molecular flexibility index (Phi) is 5.20. The van der Waals surface area contributed by atoms with Gasteiger partial charge in [0, 0.05) is 22.8 Å². The molecular formula is C20H24N2O3S. The molecule has 1 aromatic heterocycles. The van der Waals surface area contributed by atoms with E-state index in [-0.39, 0.29) is 17.7 Å². The van der Waals surface area contributed by atoms with Crippen molar-refractivity contribution in [2.45, 2.75) is 56.7 Å². The fourth-order valence-electron chi connectivity index (χ4n) is 4.05. The second kappa shape index (κ2) is 7.74. The first-order valence-corrected chi connectivity index (χ1v) is 10.9. The summed E-state index contributed by atoms with van der Waals surface area (Å²) in [5, 5.41) is 7.16. The van der Waals surface area contributed by atoms with Gasteiger partial charge in [0.2, 0.25) is 5.91 Å². The van der Waals surface area contributed by atoms with E-state index in [1.165, 1.54) is 11.1 Å². The molecule has 0 radical (unpaired) electrons. The van der Waals surface area contributed by atoms with Crippen molar-refractivity contribution in [3.05, 3.63) is 52.4 Å². The monoisotopic (exact) mass is 372 g/mol. The number of aromatic nitrogens is 1. The molecule has 0 saturated carbocycles. The largest absolute Gasteiger partial charge is 0.361 e. The lowest BCUT2D eigenvalue weighted by Crippen LogP contribution is -2.34. The standard InChI is InChI=1S/C20H24N2O3S/c23-20(21-17-10-5-7-14-6-1-2-8-15(14)17)13-26(24)12-18-16-9-3-4-11-19(16)25-22-18/h1-2,6,8,17H,3-5,7,9-13H2,(H,21,23)/t17-,26+/m1/s1. The number of benzene rings is 1. The Hall–Kier alpha value is -1.95. The summed E-state index contributed by atoms with van der Waals surface area (Å²) >= 11 is 0. The maximum atomic E-state index is 12.5. The maximum absolute atomic E-state index is 12.5. The predicted octanol–water partition coefficient (Wildman–Crippen LogP) is 3.00. The summed E-state index contributed by atoms with van der Waals surface area (Å²) in [6.07, 6.45) is 7.16. The van der Waals surface area contributed by atoms with Crippen molar-refractivity contribution in [2.24, 2.45) is 0 Å². The lowest BCUT2D eigenvalue weighted by atomic mass is 9.88. The molecule has 0 saturated heterocycles. The van der Waals surface area contributed by atoms with Crippen LogP contribution in [0, 0.1) is 0 Å². The number of aryl methyl sites for hydroxylation is 2. The van der Waals surface area contributed by atoms with Gasteiger partial charge in [-0.05, 0) is 49.7 Å². The first-order valence-electron chi connectivity index (χ1n) is 9.39. The SMILES string of the molecule is O=C(C[S@@](=O)Cc1noc2c1CCCC2)N[C@@H]1CCCc2ccccc21. The van der Waals surface area contributed by atoms with E-state index < -0.39 is 10.8 Å². The van der Waals surface area contributed by atoms with Crippen molar-refractivity contribution in [1.82, 2.24) is 10.5 Å². The van der Waals surface area contributed by atoms with Gasteiger partial charge >= 0.3 is 0 Å². The zero-order valence-corrected chi connectivity index (χ0v) is 15.6. The molecule has 0 spiro atoms. The second-order valence-electron chi connectivity index (χ2n) is 7.18. The maximum Gasteiger partial charge on any atom is 0.233 e. The van der Waals surface area contributed by atoms with Gasteiger partial charge in [-0.3, -0.25) is 9.00 Å². The fourth-order valence-corrected chi connectivity index (χ4v) is 5.06. The third-order valence-corrected chi connectivity index (χ3v) is 6.51. The molecule has 1 amide bonds. The number of carbonyl (C=O) groups is 1. The van der Waals surface area contributed by atoms with E-state index in [2.05, 4.69) is 22.6 Å². The number of rotatable bonds is 5. The minimum Gasteiger partial charge on any atom is -0.361 e. The van der Waals surface area contributed by atoms with Gasteiger partial charge in [0.1, 0.15) is 11.5 Å². The first kappa shape index (κ1) is 17.5. The summed E-state index contributed by atoms with van der Waals surface area (Å²) < 4.78 is 17.8. The predicted molar refractivity (Wildman–Crippen MR) is 100 cm³/mol. The van der Waals surface area contributed by atoms with E-state index in [9.17, 15) is 9.00 Å². The lowest BCUT2D eigenvalue weighted by Gasteiger charge is -2.26. The van der Waals surface area contributed by atoms with E-state index in [1.807, 2.05) is 12.1 Å². The van der Waals surface area contributed by atoms with Crippen LogP contribution < -0.4 is 5.32 Å². The van der Waals surface area contributed by atoms with Crippen molar-refractivity contribution in [3.8, 4) is 0 Å². The molecule has 4 rings (SSSR count). The summed E-state index contributed by atoms with van der Waals surface area (Å²) in [5.41, 5.74) is 4.39. The van der Waals surface area contributed by atoms with Crippen molar-refractivity contribution in [3.63, 3.8) is 0 Å². The second-order valence-corrected chi connectivity index (χ2v) is 8.63. The van der Waals surface area contributed by atoms with Crippen molar-refractivity contribution >= 4 is 16.7 Å². The van der Waals surface area contributed by atoms with Crippen LogP contribution in [-0.2, 0) is 40.6 Å². The zero-order valence-electron chi connectivity index (χ0n) is 14.8. The molecule has 0 unspecified atom stereocenters. The van der Waals surface area contributed by atoms with E-state index in [1.54, 1.807) is 0 Å². The topological polar surface area (TPSA) is 72.2 Å². The summed E-state index contributed by atoms with van der Waals surface area (Å²) in [5.74, 6) is 1.10. The van der Waals surface area contributed by atoms with Crippen LogP contribution in [0.3, 0.4) is 0 Å². The van der Waals surface area contributed by atoms with Crippen LogP contribution >= 0.6 is 0 Å². The summed E-state index contributed by atoms with van der Waals surface area (Å²) in [6, 6.07) is 8.29. The molecule has 0 aliphatic heterocycles. The number of nitrogens with zero attached hydrogens (tertiary/aromatic N) is 1. The fraction of sp³-hybridized carbons (Fsp3) is 0.500. The molecule has 1 aromatic carbocycles. The highest BCUT2D eigenvalue weighted by Crippen LogP contribution is 2.29. The van der Waals surface area contributed by atoms with Crippen LogP contribution in [0.5, 0.6) is 0 Å². The van der Waals surface area contributed by atoms with Crippen LogP contribution in [0.4, 0.5) is 0 Å². The van der Waals surface area contributed by atoms with Gasteiger partial charge in [0.05, 0.1) is 17.5 Å². The molecule has 2 aliphatic carbocycles. The van der Waals surface area contributed by atoms with Crippen molar-refractivity contribution < 1.29 is 13.5 Å². The lowest BCUT2D eigenvalue weighted by molar-refractivity contribution is -0.119. The summed E-state index contributed by atoms with van der Waals surface area (Å²) in [4.78, 5) is 12.4. The summed E-state index contributed by atoms with van der Waals surface area (Å²) in [6.45, 7) is 0. The van der Waals surface area contributed by atoms with Crippen molar-refractivity contribution in [1.29, 1.82) is 0 Å². The average Bonchev–Trinajstić information content (AvgIpc) is 3.05. The Balaban J connectivity index is 1.35. The number of fused-ring (bicyclic) bond motifs is 2. The Morgan fingerprint density at radius 1 is 1.19 bits per heavy atom. The molecule has 5 nitrogen and oxygen atoms in total. The van der Waals surface area contributed by atoms with Gasteiger partial charge in [0.25, 0.3) is 0 Å². The third-order valence-electron chi connectivity index (χ3n) is 5.33. The van der Waals surface area contributed by atoms with Gasteiger partial charge in [-0.25, -0.2) is 0 Å². The van der Waals surface area contributed by atoms with E-state index in [0.717, 1.165) is 62.0 Å².